The van der Waals surface area contributed by atoms with Crippen molar-refractivity contribution in [3.8, 4) is 0 Å². The van der Waals surface area contributed by atoms with Crippen molar-refractivity contribution < 1.29 is 24.5 Å². The van der Waals surface area contributed by atoms with Crippen LogP contribution in [0.1, 0.15) is 38.5 Å². The highest BCUT2D eigenvalue weighted by Gasteiger charge is 2.44. The third-order valence-electron chi connectivity index (χ3n) is 4.93. The van der Waals surface area contributed by atoms with E-state index in [-0.39, 0.29) is 17.2 Å². The summed E-state index contributed by atoms with van der Waals surface area (Å²) < 4.78 is 10.6. The molecule has 2 aliphatic carbocycles. The lowest BCUT2D eigenvalue weighted by molar-refractivity contribution is -0.125. The molecule has 0 aromatic carbocycles. The third kappa shape index (κ3) is 4.65. The Bertz CT molecular complexity index is 346. The first kappa shape index (κ1) is 17.7. The molecule has 0 radical (unpaired) electrons. The summed E-state index contributed by atoms with van der Waals surface area (Å²) in [5.74, 6) is 0.229. The van der Waals surface area contributed by atoms with E-state index >= 15 is 0 Å². The van der Waals surface area contributed by atoms with Crippen LogP contribution in [-0.4, -0.2) is 61.8 Å². The largest absolute Gasteiger partial charge is 0.390 e. The normalized spacial score (nSPS) is 32.5. The summed E-state index contributed by atoms with van der Waals surface area (Å²) in [6.45, 7) is 1.84. The molecule has 0 saturated heterocycles. The first-order valence-corrected chi connectivity index (χ1v) is 8.27. The van der Waals surface area contributed by atoms with Crippen LogP contribution in [0.25, 0.3) is 0 Å². The van der Waals surface area contributed by atoms with Crippen molar-refractivity contribution >= 4 is 5.91 Å². The molecule has 0 heterocycles. The van der Waals surface area contributed by atoms with Gasteiger partial charge in [0.25, 0.3) is 0 Å². The summed E-state index contributed by atoms with van der Waals surface area (Å²) >= 11 is 0. The molecule has 0 aromatic rings. The van der Waals surface area contributed by atoms with Gasteiger partial charge in [-0.05, 0) is 25.7 Å². The minimum atomic E-state index is -0.741. The number of amides is 1. The number of hydrogen-bond donors (Lipinski definition) is 3. The zero-order valence-electron chi connectivity index (χ0n) is 13.4. The summed E-state index contributed by atoms with van der Waals surface area (Å²) in [5, 5.41) is 22.8. The van der Waals surface area contributed by atoms with Gasteiger partial charge in [-0.1, -0.05) is 12.8 Å². The number of nitrogens with one attached hydrogen (secondary N) is 1. The van der Waals surface area contributed by atoms with Crippen molar-refractivity contribution in [3.05, 3.63) is 0 Å². The predicted molar refractivity (Wildman–Crippen MR) is 81.3 cm³/mol. The molecule has 2 saturated carbocycles. The van der Waals surface area contributed by atoms with Gasteiger partial charge < -0.3 is 25.0 Å². The van der Waals surface area contributed by atoms with Crippen molar-refractivity contribution in [2.75, 3.05) is 33.5 Å². The molecule has 3 N–H and O–H groups in total. The molecule has 3 atom stereocenters. The van der Waals surface area contributed by atoms with Crippen LogP contribution < -0.4 is 5.32 Å². The number of ether oxygens (including phenoxy) is 2. The third-order valence-corrected chi connectivity index (χ3v) is 4.93. The molecule has 6 heteroatoms. The lowest BCUT2D eigenvalue weighted by Gasteiger charge is -2.29. The molecule has 2 rings (SSSR count). The fraction of sp³-hybridized carbons (Fsp3) is 0.938. The number of carbonyl (C=O) groups is 1. The average molecular weight is 315 g/mol. The summed E-state index contributed by atoms with van der Waals surface area (Å²) in [6.07, 6.45) is 3.60. The van der Waals surface area contributed by atoms with Crippen molar-refractivity contribution in [1.82, 2.24) is 5.32 Å². The maximum atomic E-state index is 12.2. The van der Waals surface area contributed by atoms with E-state index in [1.807, 2.05) is 0 Å². The highest BCUT2D eigenvalue weighted by Crippen LogP contribution is 2.38. The number of aliphatic hydroxyl groups excluding tert-OH is 2. The van der Waals surface area contributed by atoms with E-state index in [0.29, 0.717) is 39.2 Å². The Morgan fingerprint density at radius 3 is 2.41 bits per heavy atom. The lowest BCUT2D eigenvalue weighted by Crippen LogP contribution is -2.41. The minimum absolute atomic E-state index is 0.102. The van der Waals surface area contributed by atoms with Gasteiger partial charge in [-0.25, -0.2) is 0 Å². The summed E-state index contributed by atoms with van der Waals surface area (Å²) in [7, 11) is 1.62. The molecule has 0 spiro atoms. The molecular formula is C16H29NO5. The highest BCUT2D eigenvalue weighted by atomic mass is 16.5. The van der Waals surface area contributed by atoms with Crippen LogP contribution in [0, 0.1) is 11.3 Å². The van der Waals surface area contributed by atoms with Gasteiger partial charge in [0.1, 0.15) is 0 Å². The Hall–Kier alpha value is -0.690. The van der Waals surface area contributed by atoms with Gasteiger partial charge in [0.15, 0.2) is 0 Å². The molecular weight excluding hydrogens is 286 g/mol. The van der Waals surface area contributed by atoms with Gasteiger partial charge in [-0.2, -0.15) is 0 Å². The van der Waals surface area contributed by atoms with E-state index in [1.165, 1.54) is 0 Å². The van der Waals surface area contributed by atoms with Crippen molar-refractivity contribution in [2.24, 2.45) is 11.3 Å². The molecule has 0 aliphatic heterocycles. The quantitative estimate of drug-likeness (QED) is 0.566. The second kappa shape index (κ2) is 8.24. The fourth-order valence-corrected chi connectivity index (χ4v) is 3.59. The van der Waals surface area contributed by atoms with E-state index in [0.717, 1.165) is 25.7 Å². The molecule has 1 unspecified atom stereocenters. The van der Waals surface area contributed by atoms with Crippen molar-refractivity contribution in [1.29, 1.82) is 0 Å². The van der Waals surface area contributed by atoms with E-state index in [1.54, 1.807) is 7.11 Å². The van der Waals surface area contributed by atoms with Crippen LogP contribution in [0.15, 0.2) is 0 Å². The van der Waals surface area contributed by atoms with Crippen molar-refractivity contribution in [2.45, 2.75) is 50.7 Å². The second-order valence-corrected chi connectivity index (χ2v) is 6.79. The standard InChI is InChI=1S/C16H29NO5/c1-21-6-7-22-11-16(8-13(18)14(19)9-16)10-17-15(20)12-4-2-3-5-12/h12-14,18-19H,2-11H2,1H3,(H,17,20)/t13-,14+,16?. The van der Waals surface area contributed by atoms with Gasteiger partial charge in [-0.15, -0.1) is 0 Å². The first-order valence-electron chi connectivity index (χ1n) is 8.27. The number of methoxy groups -OCH3 is 1. The Labute approximate surface area is 132 Å². The Morgan fingerprint density at radius 2 is 1.82 bits per heavy atom. The van der Waals surface area contributed by atoms with E-state index in [4.69, 9.17) is 9.47 Å². The summed E-state index contributed by atoms with van der Waals surface area (Å²) in [5.41, 5.74) is -0.388. The summed E-state index contributed by atoms with van der Waals surface area (Å²) in [4.78, 5) is 12.2. The zero-order chi connectivity index (χ0) is 16.0. The maximum Gasteiger partial charge on any atom is 0.223 e. The Balaban J connectivity index is 1.85. The monoisotopic (exact) mass is 315 g/mol. The van der Waals surface area contributed by atoms with E-state index in [2.05, 4.69) is 5.32 Å². The second-order valence-electron chi connectivity index (χ2n) is 6.79. The molecule has 6 nitrogen and oxygen atoms in total. The maximum absolute atomic E-state index is 12.2. The number of hydrogen-bond acceptors (Lipinski definition) is 5. The van der Waals surface area contributed by atoms with Gasteiger partial charge >= 0.3 is 0 Å². The molecule has 128 valence electrons. The minimum Gasteiger partial charge on any atom is -0.390 e. The van der Waals surface area contributed by atoms with Crippen LogP contribution in [0.5, 0.6) is 0 Å². The van der Waals surface area contributed by atoms with Crippen molar-refractivity contribution in [3.63, 3.8) is 0 Å². The van der Waals surface area contributed by atoms with Gasteiger partial charge in [0, 0.05) is 25.0 Å². The number of carbonyl (C=O) groups excluding carboxylic acids is 1. The SMILES string of the molecule is COCCOCC1(CNC(=O)C2CCCC2)C[C@@H](O)[C@@H](O)C1. The molecule has 2 aliphatic rings. The topological polar surface area (TPSA) is 88.0 Å². The molecule has 0 aromatic heterocycles. The fourth-order valence-electron chi connectivity index (χ4n) is 3.59. The first-order chi connectivity index (χ1) is 10.6. The van der Waals surface area contributed by atoms with Gasteiger partial charge in [-0.3, -0.25) is 4.79 Å². The Kier molecular flexibility index (Phi) is 6.62. The van der Waals surface area contributed by atoms with Gasteiger partial charge in [0.2, 0.25) is 5.91 Å². The van der Waals surface area contributed by atoms with Crippen LogP contribution >= 0.6 is 0 Å². The smallest absolute Gasteiger partial charge is 0.223 e. The van der Waals surface area contributed by atoms with Gasteiger partial charge in [0.05, 0.1) is 32.0 Å². The number of aliphatic hydroxyl groups is 2. The number of rotatable bonds is 8. The van der Waals surface area contributed by atoms with Crippen LogP contribution in [-0.2, 0) is 14.3 Å². The highest BCUT2D eigenvalue weighted by molar-refractivity contribution is 5.78. The molecule has 2 fully saturated rings. The molecule has 0 bridgehead atoms. The molecule has 22 heavy (non-hydrogen) atoms. The zero-order valence-corrected chi connectivity index (χ0v) is 13.4. The van der Waals surface area contributed by atoms with Crippen LogP contribution in [0.3, 0.4) is 0 Å². The van der Waals surface area contributed by atoms with E-state index < -0.39 is 12.2 Å². The van der Waals surface area contributed by atoms with Crippen LogP contribution in [0.4, 0.5) is 0 Å². The molecule has 1 amide bonds. The van der Waals surface area contributed by atoms with E-state index in [9.17, 15) is 15.0 Å². The lowest BCUT2D eigenvalue weighted by atomic mass is 9.86. The summed E-state index contributed by atoms with van der Waals surface area (Å²) in [6, 6.07) is 0. The predicted octanol–water partition coefficient (Wildman–Crippen LogP) is 0.458. The van der Waals surface area contributed by atoms with Crippen LogP contribution in [0.2, 0.25) is 0 Å². The average Bonchev–Trinajstić information content (AvgIpc) is 3.11. The Morgan fingerprint density at radius 1 is 1.18 bits per heavy atom.